The third-order valence-corrected chi connectivity index (χ3v) is 5.03. The molecule has 6 nitrogen and oxygen atoms in total. The van der Waals surface area contributed by atoms with E-state index < -0.39 is 21.6 Å². The number of hydrogen-bond acceptors (Lipinski definition) is 5. The summed E-state index contributed by atoms with van der Waals surface area (Å²) in [5.74, 6) is -0.868. The van der Waals surface area contributed by atoms with Crippen molar-refractivity contribution in [1.29, 1.82) is 0 Å². The first-order chi connectivity index (χ1) is 11.7. The summed E-state index contributed by atoms with van der Waals surface area (Å²) in [5, 5.41) is 8.19. The molecule has 25 heavy (non-hydrogen) atoms. The predicted molar refractivity (Wildman–Crippen MR) is 93.4 cm³/mol. The molecule has 134 valence electrons. The smallest absolute Gasteiger partial charge is 0.323 e. The highest BCUT2D eigenvalue weighted by molar-refractivity contribution is 7.86. The van der Waals surface area contributed by atoms with Crippen LogP contribution in [0.25, 0.3) is 0 Å². The lowest BCUT2D eigenvalue weighted by Crippen LogP contribution is -2.31. The molecule has 0 radical (unpaired) electrons. The van der Waals surface area contributed by atoms with Crippen LogP contribution in [0, 0.1) is 6.92 Å². The average molecular weight is 363 g/mol. The molecule has 1 aliphatic carbocycles. The first-order valence-electron chi connectivity index (χ1n) is 7.75. The molecule has 0 amide bonds. The Bertz CT molecular complexity index is 812. The normalized spacial score (nSPS) is 15.0. The zero-order valence-electron chi connectivity index (χ0n) is 13.9. The summed E-state index contributed by atoms with van der Waals surface area (Å²) >= 11 is 0. The number of aryl methyl sites for hydroxylation is 1. The van der Waals surface area contributed by atoms with Gasteiger partial charge in [0.2, 0.25) is 0 Å². The number of nitrogens with two attached hydrogens (primary N) is 1. The summed E-state index contributed by atoms with van der Waals surface area (Å²) < 4.78 is 28.8. The van der Waals surface area contributed by atoms with Crippen LogP contribution in [0.4, 0.5) is 0 Å². The van der Waals surface area contributed by atoms with Crippen LogP contribution in [-0.2, 0) is 25.7 Å². The molecule has 2 aromatic carbocycles. The van der Waals surface area contributed by atoms with Crippen LogP contribution in [0.3, 0.4) is 0 Å². The molecule has 1 aliphatic rings. The minimum atomic E-state index is -3.68. The molecular formula is C18H21NO5S. The summed E-state index contributed by atoms with van der Waals surface area (Å²) in [4.78, 5) is 10.1. The van der Waals surface area contributed by atoms with E-state index in [0.717, 1.165) is 11.1 Å². The quantitative estimate of drug-likeness (QED) is 0.790. The maximum absolute atomic E-state index is 11.9. The van der Waals surface area contributed by atoms with E-state index in [4.69, 9.17) is 15.0 Å². The highest BCUT2D eigenvalue weighted by atomic mass is 32.2. The summed E-state index contributed by atoms with van der Waals surface area (Å²) in [5.41, 5.74) is 6.19. The summed E-state index contributed by atoms with van der Waals surface area (Å²) in [6, 6.07) is 15.8. The van der Waals surface area contributed by atoms with Gasteiger partial charge in [-0.2, -0.15) is 8.42 Å². The Morgan fingerprint density at radius 1 is 1.12 bits per heavy atom. The van der Waals surface area contributed by atoms with Gasteiger partial charge in [-0.1, -0.05) is 48.0 Å². The summed E-state index contributed by atoms with van der Waals surface area (Å²) in [6.07, 6.45) is 1.28. The predicted octanol–water partition coefficient (Wildman–Crippen LogP) is 2.46. The van der Waals surface area contributed by atoms with Crippen molar-refractivity contribution in [2.24, 2.45) is 5.73 Å². The molecule has 1 saturated carbocycles. The lowest BCUT2D eigenvalue weighted by atomic mass is 10.2. The fourth-order valence-corrected chi connectivity index (χ4v) is 2.74. The Balaban J connectivity index is 0.000000269. The lowest BCUT2D eigenvalue weighted by molar-refractivity contribution is -0.139. The van der Waals surface area contributed by atoms with Gasteiger partial charge in [-0.15, -0.1) is 0 Å². The SMILES string of the molecule is Cc1ccc(S(=O)(=O)OCc2ccccc2)cc1.NC1(C(=O)O)CC1. The van der Waals surface area contributed by atoms with Gasteiger partial charge in [0.05, 0.1) is 11.5 Å². The second-order valence-electron chi connectivity index (χ2n) is 5.98. The van der Waals surface area contributed by atoms with Gasteiger partial charge in [-0.25, -0.2) is 0 Å². The van der Waals surface area contributed by atoms with E-state index in [0.29, 0.717) is 12.8 Å². The highest BCUT2D eigenvalue weighted by Crippen LogP contribution is 2.31. The monoisotopic (exact) mass is 363 g/mol. The van der Waals surface area contributed by atoms with E-state index in [1.54, 1.807) is 24.3 Å². The fraction of sp³-hybridized carbons (Fsp3) is 0.278. The molecule has 0 atom stereocenters. The molecule has 0 heterocycles. The zero-order chi connectivity index (χ0) is 18.5. The minimum absolute atomic E-state index is 0.0526. The third-order valence-electron chi connectivity index (χ3n) is 3.75. The Kier molecular flexibility index (Phi) is 5.94. The van der Waals surface area contributed by atoms with E-state index in [1.807, 2.05) is 37.3 Å². The van der Waals surface area contributed by atoms with Gasteiger partial charge >= 0.3 is 5.97 Å². The van der Waals surface area contributed by atoms with E-state index in [-0.39, 0.29) is 11.5 Å². The fourth-order valence-electron chi connectivity index (χ4n) is 1.84. The van der Waals surface area contributed by atoms with Gasteiger partial charge < -0.3 is 10.8 Å². The number of aliphatic carboxylic acids is 1. The van der Waals surface area contributed by atoms with Crippen LogP contribution in [0.15, 0.2) is 59.5 Å². The molecule has 1 fully saturated rings. The second kappa shape index (κ2) is 7.77. The van der Waals surface area contributed by atoms with Gasteiger partial charge in [-0.05, 0) is 37.5 Å². The molecule has 0 aliphatic heterocycles. The Hall–Kier alpha value is -2.22. The van der Waals surface area contributed by atoms with Gasteiger partial charge in [0.25, 0.3) is 10.1 Å². The number of benzene rings is 2. The second-order valence-corrected chi connectivity index (χ2v) is 7.59. The largest absolute Gasteiger partial charge is 0.480 e. The summed E-state index contributed by atoms with van der Waals surface area (Å²) in [7, 11) is -3.68. The van der Waals surface area contributed by atoms with Crippen LogP contribution >= 0.6 is 0 Å². The van der Waals surface area contributed by atoms with Gasteiger partial charge in [0.15, 0.2) is 0 Å². The Labute approximate surface area is 147 Å². The van der Waals surface area contributed by atoms with E-state index >= 15 is 0 Å². The maximum Gasteiger partial charge on any atom is 0.323 e. The third kappa shape index (κ3) is 5.67. The molecule has 7 heteroatoms. The molecule has 3 N–H and O–H groups in total. The van der Waals surface area contributed by atoms with Crippen molar-refractivity contribution in [2.45, 2.75) is 36.8 Å². The zero-order valence-corrected chi connectivity index (χ0v) is 14.7. The van der Waals surface area contributed by atoms with Crippen LogP contribution in [-0.4, -0.2) is 25.0 Å². The standard InChI is InChI=1S/C14H14O3S.C4H7NO2/c1-12-7-9-14(10-8-12)18(15,16)17-11-13-5-3-2-4-6-13;5-4(1-2-4)3(6)7/h2-10H,11H2,1H3;1-2,5H2,(H,6,7). The number of carboxylic acid groups (broad SMARTS) is 1. The highest BCUT2D eigenvalue weighted by Gasteiger charge is 2.46. The first-order valence-corrected chi connectivity index (χ1v) is 9.16. The molecule has 0 spiro atoms. The van der Waals surface area contributed by atoms with Crippen molar-refractivity contribution in [3.63, 3.8) is 0 Å². The van der Waals surface area contributed by atoms with Crippen molar-refractivity contribution in [3.05, 3.63) is 65.7 Å². The molecule has 0 saturated heterocycles. The van der Waals surface area contributed by atoms with Crippen LogP contribution in [0.5, 0.6) is 0 Å². The number of carbonyl (C=O) groups is 1. The maximum atomic E-state index is 11.9. The molecule has 0 bridgehead atoms. The van der Waals surface area contributed by atoms with Crippen molar-refractivity contribution < 1.29 is 22.5 Å². The first kappa shape index (κ1) is 19.1. The number of hydrogen-bond donors (Lipinski definition) is 2. The summed E-state index contributed by atoms with van der Waals surface area (Å²) in [6.45, 7) is 1.96. The molecular weight excluding hydrogens is 342 g/mol. The number of rotatable bonds is 5. The van der Waals surface area contributed by atoms with Crippen molar-refractivity contribution in [2.75, 3.05) is 0 Å². The number of carboxylic acids is 1. The van der Waals surface area contributed by atoms with E-state index in [2.05, 4.69) is 0 Å². The molecule has 3 rings (SSSR count). The molecule has 0 aromatic heterocycles. The average Bonchev–Trinajstić information content (AvgIpc) is 3.34. The Morgan fingerprint density at radius 2 is 1.68 bits per heavy atom. The minimum Gasteiger partial charge on any atom is -0.480 e. The van der Waals surface area contributed by atoms with Crippen molar-refractivity contribution >= 4 is 16.1 Å². The molecule has 0 unspecified atom stereocenters. The van der Waals surface area contributed by atoms with Crippen molar-refractivity contribution in [3.8, 4) is 0 Å². The van der Waals surface area contributed by atoms with Gasteiger partial charge in [0, 0.05) is 0 Å². The van der Waals surface area contributed by atoms with Crippen LogP contribution in [0.1, 0.15) is 24.0 Å². The van der Waals surface area contributed by atoms with Gasteiger partial charge in [-0.3, -0.25) is 8.98 Å². The lowest BCUT2D eigenvalue weighted by Gasteiger charge is -2.06. The van der Waals surface area contributed by atoms with E-state index in [9.17, 15) is 13.2 Å². The van der Waals surface area contributed by atoms with Crippen LogP contribution < -0.4 is 5.73 Å². The van der Waals surface area contributed by atoms with Crippen molar-refractivity contribution in [1.82, 2.24) is 0 Å². The van der Waals surface area contributed by atoms with E-state index in [1.165, 1.54) is 0 Å². The Morgan fingerprint density at radius 3 is 2.12 bits per heavy atom. The molecule has 2 aromatic rings. The topological polar surface area (TPSA) is 107 Å². The van der Waals surface area contributed by atoms with Gasteiger partial charge in [0.1, 0.15) is 5.54 Å². The van der Waals surface area contributed by atoms with Crippen LogP contribution in [0.2, 0.25) is 0 Å².